The normalized spacial score (nSPS) is 11.9. The van der Waals surface area contributed by atoms with Crippen LogP contribution in [0, 0.1) is 0 Å². The molecule has 16 heavy (non-hydrogen) atoms. The zero-order valence-corrected chi connectivity index (χ0v) is 10.6. The molecule has 1 atom stereocenters. The van der Waals surface area contributed by atoms with Crippen molar-refractivity contribution in [2.24, 2.45) is 0 Å². The van der Waals surface area contributed by atoms with E-state index < -0.39 is 5.97 Å². The average molecular weight is 248 g/mol. The lowest BCUT2D eigenvalue weighted by atomic mass is 10.3. The van der Waals surface area contributed by atoms with Crippen molar-refractivity contribution in [2.75, 3.05) is 18.6 Å². The first kappa shape index (κ1) is 15.1. The van der Waals surface area contributed by atoms with Crippen LogP contribution in [0.5, 0.6) is 0 Å². The summed E-state index contributed by atoms with van der Waals surface area (Å²) in [4.78, 5) is 21.5. The number of carbonyl (C=O) groups is 2. The molecule has 0 aliphatic rings. The highest BCUT2D eigenvalue weighted by Gasteiger charge is 2.06. The number of thioether (sulfide) groups is 1. The molecule has 0 saturated carbocycles. The Morgan fingerprint density at radius 1 is 1.44 bits per heavy atom. The van der Waals surface area contributed by atoms with Crippen LogP contribution in [0.3, 0.4) is 0 Å². The van der Waals surface area contributed by atoms with Crippen LogP contribution in [0.4, 0.5) is 4.79 Å². The third-order valence-electron chi connectivity index (χ3n) is 1.99. The lowest BCUT2D eigenvalue weighted by molar-refractivity contribution is -0.137. The van der Waals surface area contributed by atoms with Gasteiger partial charge in [0.2, 0.25) is 0 Å². The third-order valence-corrected chi connectivity index (χ3v) is 2.63. The van der Waals surface area contributed by atoms with Gasteiger partial charge in [0.25, 0.3) is 0 Å². The van der Waals surface area contributed by atoms with E-state index in [0.29, 0.717) is 13.0 Å². The van der Waals surface area contributed by atoms with E-state index in [4.69, 9.17) is 5.11 Å². The fourth-order valence-corrected chi connectivity index (χ4v) is 1.67. The molecular formula is C10H20N2O3S. The van der Waals surface area contributed by atoms with Crippen LogP contribution in [0.1, 0.15) is 26.2 Å². The van der Waals surface area contributed by atoms with Gasteiger partial charge in [-0.2, -0.15) is 11.8 Å². The molecule has 0 aliphatic carbocycles. The quantitative estimate of drug-likeness (QED) is 0.566. The summed E-state index contributed by atoms with van der Waals surface area (Å²) in [5.41, 5.74) is 0. The van der Waals surface area contributed by atoms with Gasteiger partial charge in [-0.25, -0.2) is 4.79 Å². The van der Waals surface area contributed by atoms with Crippen molar-refractivity contribution in [1.29, 1.82) is 0 Å². The first-order chi connectivity index (χ1) is 7.56. The van der Waals surface area contributed by atoms with E-state index in [2.05, 4.69) is 10.6 Å². The van der Waals surface area contributed by atoms with E-state index in [1.165, 1.54) is 0 Å². The molecule has 0 heterocycles. The summed E-state index contributed by atoms with van der Waals surface area (Å²) < 4.78 is 0. The van der Waals surface area contributed by atoms with Gasteiger partial charge in [-0.3, -0.25) is 4.79 Å². The summed E-state index contributed by atoms with van der Waals surface area (Å²) in [5, 5.41) is 13.8. The van der Waals surface area contributed by atoms with Crippen LogP contribution in [0.2, 0.25) is 0 Å². The van der Waals surface area contributed by atoms with Crippen molar-refractivity contribution in [3.8, 4) is 0 Å². The number of carboxylic acid groups (broad SMARTS) is 1. The lowest BCUT2D eigenvalue weighted by Crippen LogP contribution is -2.41. The van der Waals surface area contributed by atoms with Gasteiger partial charge in [0.1, 0.15) is 0 Å². The fourth-order valence-electron chi connectivity index (χ4n) is 1.08. The Morgan fingerprint density at radius 2 is 2.12 bits per heavy atom. The third kappa shape index (κ3) is 9.64. The number of rotatable bonds is 8. The van der Waals surface area contributed by atoms with Crippen molar-refractivity contribution >= 4 is 23.8 Å². The number of hydrogen-bond donors (Lipinski definition) is 3. The van der Waals surface area contributed by atoms with Crippen LogP contribution in [0.25, 0.3) is 0 Å². The topological polar surface area (TPSA) is 78.4 Å². The standard InChI is InChI=1S/C10H20N2O3S/c1-8(5-7-16-2)12-10(15)11-6-3-4-9(13)14/h8H,3-7H2,1-2H3,(H,13,14)(H2,11,12,15). The van der Waals surface area contributed by atoms with Crippen LogP contribution in [-0.4, -0.2) is 41.7 Å². The number of nitrogens with one attached hydrogen (secondary N) is 2. The average Bonchev–Trinajstić information content (AvgIpc) is 2.21. The summed E-state index contributed by atoms with van der Waals surface area (Å²) in [6, 6.07) is -0.0779. The highest BCUT2D eigenvalue weighted by molar-refractivity contribution is 7.98. The van der Waals surface area contributed by atoms with Crippen molar-refractivity contribution in [2.45, 2.75) is 32.2 Å². The Bertz CT molecular complexity index is 224. The minimum Gasteiger partial charge on any atom is -0.481 e. The Morgan fingerprint density at radius 3 is 2.69 bits per heavy atom. The maximum Gasteiger partial charge on any atom is 0.314 e. The molecule has 0 spiro atoms. The first-order valence-corrected chi connectivity index (χ1v) is 6.70. The Labute approximate surface area is 100 Å². The van der Waals surface area contributed by atoms with Crippen molar-refractivity contribution < 1.29 is 14.7 Å². The second-order valence-electron chi connectivity index (χ2n) is 3.58. The molecule has 0 rings (SSSR count). The van der Waals surface area contributed by atoms with Gasteiger partial charge in [-0.05, 0) is 31.8 Å². The number of carboxylic acids is 1. The van der Waals surface area contributed by atoms with Crippen molar-refractivity contribution in [1.82, 2.24) is 10.6 Å². The summed E-state index contributed by atoms with van der Waals surface area (Å²) in [7, 11) is 0. The Hall–Kier alpha value is -0.910. The van der Waals surface area contributed by atoms with E-state index in [1.54, 1.807) is 11.8 Å². The molecule has 0 fully saturated rings. The second-order valence-corrected chi connectivity index (χ2v) is 4.57. The molecule has 2 amide bonds. The number of hydrogen-bond acceptors (Lipinski definition) is 3. The predicted molar refractivity (Wildman–Crippen MR) is 65.9 cm³/mol. The SMILES string of the molecule is CSCCC(C)NC(=O)NCCCC(=O)O. The largest absolute Gasteiger partial charge is 0.481 e. The maximum atomic E-state index is 11.3. The van der Waals surface area contributed by atoms with Gasteiger partial charge >= 0.3 is 12.0 Å². The molecular weight excluding hydrogens is 228 g/mol. The van der Waals surface area contributed by atoms with Crippen LogP contribution < -0.4 is 10.6 Å². The summed E-state index contributed by atoms with van der Waals surface area (Å²) >= 11 is 1.74. The minimum atomic E-state index is -0.837. The smallest absolute Gasteiger partial charge is 0.314 e. The van der Waals surface area contributed by atoms with E-state index in [0.717, 1.165) is 12.2 Å². The molecule has 94 valence electrons. The van der Waals surface area contributed by atoms with Crippen LogP contribution in [0.15, 0.2) is 0 Å². The van der Waals surface area contributed by atoms with Gasteiger partial charge in [-0.1, -0.05) is 0 Å². The molecule has 5 nitrogen and oxygen atoms in total. The van der Waals surface area contributed by atoms with Crippen LogP contribution in [-0.2, 0) is 4.79 Å². The lowest BCUT2D eigenvalue weighted by Gasteiger charge is -2.13. The van der Waals surface area contributed by atoms with Crippen molar-refractivity contribution in [3.05, 3.63) is 0 Å². The van der Waals surface area contributed by atoms with E-state index in [1.807, 2.05) is 13.2 Å². The van der Waals surface area contributed by atoms with Gasteiger partial charge in [0, 0.05) is 19.0 Å². The monoisotopic (exact) mass is 248 g/mol. The number of urea groups is 1. The minimum absolute atomic E-state index is 0.0856. The second kappa shape index (κ2) is 9.33. The molecule has 0 radical (unpaired) electrons. The number of aliphatic carboxylic acids is 1. The highest BCUT2D eigenvalue weighted by atomic mass is 32.2. The van der Waals surface area contributed by atoms with Gasteiger partial charge in [0.15, 0.2) is 0 Å². The first-order valence-electron chi connectivity index (χ1n) is 5.31. The van der Waals surface area contributed by atoms with E-state index in [-0.39, 0.29) is 18.5 Å². The fraction of sp³-hybridized carbons (Fsp3) is 0.800. The molecule has 0 aromatic heterocycles. The molecule has 0 aromatic carbocycles. The summed E-state index contributed by atoms with van der Waals surface area (Å²) in [6.07, 6.45) is 3.51. The number of amides is 2. The Balaban J connectivity index is 3.46. The number of carbonyl (C=O) groups excluding carboxylic acids is 1. The van der Waals surface area contributed by atoms with Crippen molar-refractivity contribution in [3.63, 3.8) is 0 Å². The zero-order valence-electron chi connectivity index (χ0n) is 9.78. The van der Waals surface area contributed by atoms with Gasteiger partial charge < -0.3 is 15.7 Å². The van der Waals surface area contributed by atoms with Gasteiger partial charge in [-0.15, -0.1) is 0 Å². The maximum absolute atomic E-state index is 11.3. The Kier molecular flexibility index (Phi) is 8.80. The van der Waals surface area contributed by atoms with Crippen LogP contribution >= 0.6 is 11.8 Å². The molecule has 3 N–H and O–H groups in total. The van der Waals surface area contributed by atoms with E-state index in [9.17, 15) is 9.59 Å². The molecule has 0 bridgehead atoms. The zero-order chi connectivity index (χ0) is 12.4. The summed E-state index contributed by atoms with van der Waals surface area (Å²) in [5.74, 6) is 0.177. The highest BCUT2D eigenvalue weighted by Crippen LogP contribution is 1.99. The molecule has 1 unspecified atom stereocenters. The van der Waals surface area contributed by atoms with E-state index >= 15 is 0 Å². The molecule has 6 heteroatoms. The molecule has 0 saturated heterocycles. The molecule has 0 aliphatic heterocycles. The predicted octanol–water partition coefficient (Wildman–Crippen LogP) is 1.29. The summed E-state index contributed by atoms with van der Waals surface area (Å²) in [6.45, 7) is 2.35. The van der Waals surface area contributed by atoms with Gasteiger partial charge in [0.05, 0.1) is 0 Å². The molecule has 0 aromatic rings.